The molecule has 6 nitrogen and oxygen atoms in total. The van der Waals surface area contributed by atoms with Gasteiger partial charge in [0, 0.05) is 0 Å². The summed E-state index contributed by atoms with van der Waals surface area (Å²) in [5.41, 5.74) is 0.457. The van der Waals surface area contributed by atoms with Crippen LogP contribution in [-0.4, -0.2) is 38.4 Å². The number of ether oxygens (including phenoxy) is 3. The lowest BCUT2D eigenvalue weighted by Gasteiger charge is -2.10. The summed E-state index contributed by atoms with van der Waals surface area (Å²) < 4.78 is 14.9. The molecule has 18 heavy (non-hydrogen) atoms. The van der Waals surface area contributed by atoms with E-state index in [4.69, 9.17) is 9.47 Å². The third-order valence-corrected chi connectivity index (χ3v) is 2.46. The molecule has 0 radical (unpaired) electrons. The van der Waals surface area contributed by atoms with Crippen LogP contribution in [0.15, 0.2) is 24.3 Å². The van der Waals surface area contributed by atoms with Gasteiger partial charge in [-0.25, -0.2) is 9.59 Å². The highest BCUT2D eigenvalue weighted by molar-refractivity contribution is 5.89. The highest BCUT2D eigenvalue weighted by Crippen LogP contribution is 2.14. The second kappa shape index (κ2) is 5.39. The van der Waals surface area contributed by atoms with Gasteiger partial charge in [0.1, 0.15) is 12.4 Å². The lowest BCUT2D eigenvalue weighted by Crippen LogP contribution is -2.21. The van der Waals surface area contributed by atoms with E-state index in [2.05, 4.69) is 10.1 Å². The van der Waals surface area contributed by atoms with Crippen LogP contribution in [0.25, 0.3) is 0 Å². The van der Waals surface area contributed by atoms with E-state index in [1.807, 2.05) is 0 Å². The maximum atomic E-state index is 11.2. The smallest absolute Gasteiger partial charge is 0.407 e. The molecular formula is C12H13NO5. The van der Waals surface area contributed by atoms with Gasteiger partial charge in [0.25, 0.3) is 0 Å². The number of benzene rings is 1. The van der Waals surface area contributed by atoms with E-state index in [0.29, 0.717) is 17.9 Å². The number of cyclic esters (lactones) is 1. The molecule has 0 spiro atoms. The summed E-state index contributed by atoms with van der Waals surface area (Å²) in [4.78, 5) is 22.0. The number of carbonyl (C=O) groups excluding carboxylic acids is 2. The first kappa shape index (κ1) is 12.2. The van der Waals surface area contributed by atoms with Crippen LogP contribution in [0.5, 0.6) is 5.75 Å². The van der Waals surface area contributed by atoms with Crippen molar-refractivity contribution >= 4 is 12.1 Å². The highest BCUT2D eigenvalue weighted by atomic mass is 16.6. The first-order valence-corrected chi connectivity index (χ1v) is 5.44. The van der Waals surface area contributed by atoms with Gasteiger partial charge in [0.15, 0.2) is 6.10 Å². The molecule has 1 aromatic rings. The maximum absolute atomic E-state index is 11.2. The van der Waals surface area contributed by atoms with Gasteiger partial charge in [-0.3, -0.25) is 0 Å². The standard InChI is InChI=1S/C12H13NO5/c1-16-11(14)8-2-4-9(5-3-8)17-7-10-6-13-12(15)18-10/h2-5,10H,6-7H2,1H3,(H,13,15)/t10-/m0/s1. The predicted molar refractivity (Wildman–Crippen MR) is 61.5 cm³/mol. The quantitative estimate of drug-likeness (QED) is 0.807. The summed E-state index contributed by atoms with van der Waals surface area (Å²) in [5.74, 6) is 0.209. The Labute approximate surface area is 104 Å². The van der Waals surface area contributed by atoms with Crippen molar-refractivity contribution in [3.05, 3.63) is 29.8 Å². The van der Waals surface area contributed by atoms with Crippen molar-refractivity contribution in [2.24, 2.45) is 0 Å². The molecule has 0 unspecified atom stereocenters. The average molecular weight is 251 g/mol. The van der Waals surface area contributed by atoms with E-state index in [9.17, 15) is 9.59 Å². The Bertz CT molecular complexity index is 442. The molecule has 1 atom stereocenters. The first-order valence-electron chi connectivity index (χ1n) is 5.44. The lowest BCUT2D eigenvalue weighted by atomic mass is 10.2. The zero-order valence-corrected chi connectivity index (χ0v) is 9.84. The molecule has 0 bridgehead atoms. The SMILES string of the molecule is COC(=O)c1ccc(OC[C@@H]2CNC(=O)O2)cc1. The lowest BCUT2D eigenvalue weighted by molar-refractivity contribution is 0.0600. The summed E-state index contributed by atoms with van der Waals surface area (Å²) in [7, 11) is 1.33. The van der Waals surface area contributed by atoms with Gasteiger partial charge in [-0.05, 0) is 24.3 Å². The Kier molecular flexibility index (Phi) is 3.66. The molecule has 1 aromatic carbocycles. The molecular weight excluding hydrogens is 238 g/mol. The molecule has 2 rings (SSSR count). The highest BCUT2D eigenvalue weighted by Gasteiger charge is 2.22. The molecule has 1 amide bonds. The Morgan fingerprint density at radius 2 is 2.17 bits per heavy atom. The van der Waals surface area contributed by atoms with Crippen LogP contribution < -0.4 is 10.1 Å². The van der Waals surface area contributed by atoms with E-state index in [0.717, 1.165) is 0 Å². The van der Waals surface area contributed by atoms with Gasteiger partial charge in [0.2, 0.25) is 0 Å². The number of esters is 1. The summed E-state index contributed by atoms with van der Waals surface area (Å²) in [6, 6.07) is 6.55. The first-order chi connectivity index (χ1) is 8.69. The van der Waals surface area contributed by atoms with E-state index in [1.165, 1.54) is 7.11 Å². The Morgan fingerprint density at radius 1 is 1.44 bits per heavy atom. The van der Waals surface area contributed by atoms with Gasteiger partial charge in [-0.1, -0.05) is 0 Å². The van der Waals surface area contributed by atoms with Crippen LogP contribution in [0.4, 0.5) is 4.79 Å². The summed E-state index contributed by atoms with van der Waals surface area (Å²) in [6.45, 7) is 0.718. The molecule has 6 heteroatoms. The van der Waals surface area contributed by atoms with E-state index in [-0.39, 0.29) is 12.7 Å². The second-order valence-electron chi connectivity index (χ2n) is 3.74. The fourth-order valence-corrected chi connectivity index (χ4v) is 1.52. The van der Waals surface area contributed by atoms with Crippen molar-refractivity contribution < 1.29 is 23.8 Å². The molecule has 1 fully saturated rings. The van der Waals surface area contributed by atoms with Crippen molar-refractivity contribution in [1.29, 1.82) is 0 Å². The average Bonchev–Trinajstić information content (AvgIpc) is 2.82. The van der Waals surface area contributed by atoms with Crippen LogP contribution in [0.3, 0.4) is 0 Å². The van der Waals surface area contributed by atoms with Gasteiger partial charge < -0.3 is 19.5 Å². The largest absolute Gasteiger partial charge is 0.490 e. The summed E-state index contributed by atoms with van der Waals surface area (Å²) in [6.07, 6.45) is -0.706. The Hall–Kier alpha value is -2.24. The zero-order valence-electron chi connectivity index (χ0n) is 9.84. The van der Waals surface area contributed by atoms with Crippen molar-refractivity contribution in [2.75, 3.05) is 20.3 Å². The minimum Gasteiger partial charge on any atom is -0.490 e. The molecule has 1 heterocycles. The minimum absolute atomic E-state index is 0.274. The van der Waals surface area contributed by atoms with Gasteiger partial charge in [0.05, 0.1) is 19.2 Å². The summed E-state index contributed by atoms with van der Waals surface area (Å²) in [5, 5.41) is 2.54. The molecule has 1 saturated heterocycles. The molecule has 1 N–H and O–H groups in total. The molecule has 0 aromatic heterocycles. The number of hydrogen-bond acceptors (Lipinski definition) is 5. The summed E-state index contributed by atoms with van der Waals surface area (Å²) >= 11 is 0. The van der Waals surface area contributed by atoms with Crippen molar-refractivity contribution in [1.82, 2.24) is 5.32 Å². The predicted octanol–water partition coefficient (Wildman–Crippen LogP) is 0.960. The maximum Gasteiger partial charge on any atom is 0.407 e. The third kappa shape index (κ3) is 2.91. The van der Waals surface area contributed by atoms with E-state index in [1.54, 1.807) is 24.3 Å². The molecule has 0 aliphatic carbocycles. The van der Waals surface area contributed by atoms with E-state index >= 15 is 0 Å². The zero-order chi connectivity index (χ0) is 13.0. The van der Waals surface area contributed by atoms with Gasteiger partial charge in [-0.2, -0.15) is 0 Å². The number of amides is 1. The topological polar surface area (TPSA) is 73.9 Å². The number of nitrogens with one attached hydrogen (secondary N) is 1. The fraction of sp³-hybridized carbons (Fsp3) is 0.333. The second-order valence-corrected chi connectivity index (χ2v) is 3.74. The van der Waals surface area contributed by atoms with Gasteiger partial charge >= 0.3 is 12.1 Å². The number of alkyl carbamates (subject to hydrolysis) is 1. The number of hydrogen-bond donors (Lipinski definition) is 1. The normalized spacial score (nSPS) is 17.8. The van der Waals surface area contributed by atoms with Gasteiger partial charge in [-0.15, -0.1) is 0 Å². The minimum atomic E-state index is -0.426. The molecule has 96 valence electrons. The van der Waals surface area contributed by atoms with Crippen molar-refractivity contribution in [3.8, 4) is 5.75 Å². The molecule has 0 saturated carbocycles. The van der Waals surface area contributed by atoms with Crippen LogP contribution >= 0.6 is 0 Å². The van der Waals surface area contributed by atoms with Crippen LogP contribution in [0, 0.1) is 0 Å². The monoisotopic (exact) mass is 251 g/mol. The fourth-order valence-electron chi connectivity index (χ4n) is 1.52. The Balaban J connectivity index is 1.86. The molecule has 1 aliphatic rings. The number of methoxy groups -OCH3 is 1. The van der Waals surface area contributed by atoms with Crippen LogP contribution in [0.2, 0.25) is 0 Å². The third-order valence-electron chi connectivity index (χ3n) is 2.46. The number of carbonyl (C=O) groups is 2. The van der Waals surface area contributed by atoms with Crippen LogP contribution in [-0.2, 0) is 9.47 Å². The molecule has 1 aliphatic heterocycles. The van der Waals surface area contributed by atoms with Crippen molar-refractivity contribution in [3.63, 3.8) is 0 Å². The number of rotatable bonds is 4. The van der Waals surface area contributed by atoms with Crippen LogP contribution in [0.1, 0.15) is 10.4 Å². The van der Waals surface area contributed by atoms with Crippen molar-refractivity contribution in [2.45, 2.75) is 6.10 Å². The van der Waals surface area contributed by atoms with E-state index < -0.39 is 12.1 Å². The Morgan fingerprint density at radius 3 is 2.72 bits per heavy atom.